The molecule has 10 heteroatoms. The molecule has 1 aromatic carbocycles. The first-order valence-electron chi connectivity index (χ1n) is 8.84. The molecular formula is C18H24ClF3N2O4. The summed E-state index contributed by atoms with van der Waals surface area (Å²) in [6.07, 6.45) is -3.05. The van der Waals surface area contributed by atoms with Gasteiger partial charge in [-0.1, -0.05) is 11.6 Å². The number of hydrogen-bond acceptors (Lipinski definition) is 4. The Morgan fingerprint density at radius 2 is 2.00 bits per heavy atom. The molecule has 0 aromatic heterocycles. The predicted octanol–water partition coefficient (Wildman–Crippen LogP) is 3.27. The molecule has 2 rings (SSSR count). The molecular weight excluding hydrogens is 401 g/mol. The van der Waals surface area contributed by atoms with Gasteiger partial charge in [-0.05, 0) is 31.0 Å². The van der Waals surface area contributed by atoms with Crippen molar-refractivity contribution in [1.82, 2.24) is 10.6 Å². The summed E-state index contributed by atoms with van der Waals surface area (Å²) in [4.78, 5) is 12.1. The quantitative estimate of drug-likeness (QED) is 0.628. The van der Waals surface area contributed by atoms with Gasteiger partial charge in [0.15, 0.2) is 0 Å². The Balaban J connectivity index is 1.94. The van der Waals surface area contributed by atoms with E-state index in [-0.39, 0.29) is 13.2 Å². The van der Waals surface area contributed by atoms with Crippen LogP contribution in [0.4, 0.5) is 18.0 Å². The maximum absolute atomic E-state index is 12.1. The van der Waals surface area contributed by atoms with Gasteiger partial charge in [0.05, 0.1) is 13.7 Å². The second-order valence-corrected chi connectivity index (χ2v) is 6.95. The first-order valence-corrected chi connectivity index (χ1v) is 9.21. The zero-order valence-corrected chi connectivity index (χ0v) is 16.3. The molecule has 1 aromatic rings. The standard InChI is InChI=1S/C18H24ClF3N2O4/c1-26-15-3-2-13(19)10-14(15)17(4-7-27-8-5-17)11-24-16(25)23-6-9-28-12-18(20,21)22/h2-3,10H,4-9,11-12H2,1H3,(H2,23,24,25). The number of carbonyl (C=O) groups is 1. The van der Waals surface area contributed by atoms with Crippen LogP contribution < -0.4 is 15.4 Å². The van der Waals surface area contributed by atoms with E-state index < -0.39 is 24.2 Å². The molecule has 0 unspecified atom stereocenters. The SMILES string of the molecule is COc1ccc(Cl)cc1C1(CNC(=O)NCCOCC(F)(F)F)CCOCC1. The molecule has 0 saturated carbocycles. The Kier molecular flexibility index (Phi) is 8.21. The summed E-state index contributed by atoms with van der Waals surface area (Å²) in [5.41, 5.74) is 0.470. The fourth-order valence-electron chi connectivity index (χ4n) is 3.13. The van der Waals surface area contributed by atoms with Gasteiger partial charge in [0.2, 0.25) is 0 Å². The van der Waals surface area contributed by atoms with Crippen LogP contribution in [0.15, 0.2) is 18.2 Å². The Hall–Kier alpha value is -1.71. The molecule has 1 aliphatic rings. The van der Waals surface area contributed by atoms with Gasteiger partial charge in [0, 0.05) is 42.3 Å². The molecule has 6 nitrogen and oxygen atoms in total. The van der Waals surface area contributed by atoms with E-state index in [4.69, 9.17) is 21.1 Å². The molecule has 28 heavy (non-hydrogen) atoms. The number of nitrogens with one attached hydrogen (secondary N) is 2. The van der Waals surface area contributed by atoms with Crippen molar-refractivity contribution in [2.24, 2.45) is 0 Å². The van der Waals surface area contributed by atoms with Gasteiger partial charge < -0.3 is 24.8 Å². The molecule has 0 atom stereocenters. The number of ether oxygens (including phenoxy) is 3. The Bertz CT molecular complexity index is 652. The molecule has 158 valence electrons. The lowest BCUT2D eigenvalue weighted by Gasteiger charge is -2.38. The first-order chi connectivity index (χ1) is 13.3. The molecule has 1 saturated heterocycles. The van der Waals surface area contributed by atoms with Gasteiger partial charge >= 0.3 is 12.2 Å². The van der Waals surface area contributed by atoms with E-state index in [0.717, 1.165) is 5.56 Å². The summed E-state index contributed by atoms with van der Waals surface area (Å²) in [5, 5.41) is 5.84. The minimum absolute atomic E-state index is 0.0293. The summed E-state index contributed by atoms with van der Waals surface area (Å²) in [5.74, 6) is 0.675. The highest BCUT2D eigenvalue weighted by atomic mass is 35.5. The minimum Gasteiger partial charge on any atom is -0.496 e. The molecule has 0 spiro atoms. The van der Waals surface area contributed by atoms with Crippen molar-refractivity contribution >= 4 is 17.6 Å². The number of benzene rings is 1. The van der Waals surface area contributed by atoms with Crippen molar-refractivity contribution in [2.45, 2.75) is 24.4 Å². The van der Waals surface area contributed by atoms with Crippen LogP contribution in [0.25, 0.3) is 0 Å². The minimum atomic E-state index is -4.38. The molecule has 2 N–H and O–H groups in total. The lowest BCUT2D eigenvalue weighted by Crippen LogP contribution is -2.48. The third-order valence-electron chi connectivity index (χ3n) is 4.57. The lowest BCUT2D eigenvalue weighted by atomic mass is 9.73. The average Bonchev–Trinajstić information content (AvgIpc) is 2.66. The number of amides is 2. The average molecular weight is 425 g/mol. The molecule has 0 radical (unpaired) electrons. The van der Waals surface area contributed by atoms with Gasteiger partial charge in [0.25, 0.3) is 0 Å². The van der Waals surface area contributed by atoms with Crippen LogP contribution in [-0.2, 0) is 14.9 Å². The smallest absolute Gasteiger partial charge is 0.411 e. The van der Waals surface area contributed by atoms with Crippen LogP contribution in [0.3, 0.4) is 0 Å². The van der Waals surface area contributed by atoms with E-state index in [0.29, 0.717) is 43.4 Å². The summed E-state index contributed by atoms with van der Waals surface area (Å²) in [6.45, 7) is -0.225. The molecule has 0 aliphatic carbocycles. The summed E-state index contributed by atoms with van der Waals surface area (Å²) in [6, 6.07) is 4.86. The van der Waals surface area contributed by atoms with Crippen LogP contribution in [0.5, 0.6) is 5.75 Å². The number of rotatable bonds is 8. The van der Waals surface area contributed by atoms with Gasteiger partial charge in [-0.3, -0.25) is 0 Å². The highest BCUT2D eigenvalue weighted by Crippen LogP contribution is 2.40. The van der Waals surface area contributed by atoms with Crippen molar-refractivity contribution in [3.8, 4) is 5.75 Å². The normalized spacial score (nSPS) is 16.5. The molecule has 1 heterocycles. The number of alkyl halides is 3. The van der Waals surface area contributed by atoms with Crippen molar-refractivity contribution in [1.29, 1.82) is 0 Å². The zero-order chi connectivity index (χ0) is 20.6. The lowest BCUT2D eigenvalue weighted by molar-refractivity contribution is -0.173. The van der Waals surface area contributed by atoms with E-state index >= 15 is 0 Å². The van der Waals surface area contributed by atoms with E-state index in [2.05, 4.69) is 15.4 Å². The monoisotopic (exact) mass is 424 g/mol. The van der Waals surface area contributed by atoms with Crippen molar-refractivity contribution < 1.29 is 32.2 Å². The maximum atomic E-state index is 12.1. The first kappa shape index (κ1) is 22.6. The highest BCUT2D eigenvalue weighted by Gasteiger charge is 2.37. The van der Waals surface area contributed by atoms with E-state index in [1.165, 1.54) is 0 Å². The third kappa shape index (κ3) is 6.72. The van der Waals surface area contributed by atoms with Crippen LogP contribution >= 0.6 is 11.6 Å². The predicted molar refractivity (Wildman–Crippen MR) is 98.0 cm³/mol. The maximum Gasteiger partial charge on any atom is 0.411 e. The number of urea groups is 1. The molecule has 2 amide bonds. The van der Waals surface area contributed by atoms with Crippen molar-refractivity contribution in [2.75, 3.05) is 46.6 Å². The summed E-state index contributed by atoms with van der Waals surface area (Å²) < 4.78 is 51.4. The number of carbonyl (C=O) groups excluding carboxylic acids is 1. The zero-order valence-electron chi connectivity index (χ0n) is 15.5. The number of hydrogen-bond donors (Lipinski definition) is 2. The largest absolute Gasteiger partial charge is 0.496 e. The van der Waals surface area contributed by atoms with Gasteiger partial charge in [0.1, 0.15) is 12.4 Å². The van der Waals surface area contributed by atoms with Gasteiger partial charge in [-0.15, -0.1) is 0 Å². The second-order valence-electron chi connectivity index (χ2n) is 6.51. The number of methoxy groups -OCH3 is 1. The molecule has 1 fully saturated rings. The van der Waals surface area contributed by atoms with Crippen LogP contribution in [-0.4, -0.2) is 58.8 Å². The van der Waals surface area contributed by atoms with Gasteiger partial charge in [-0.25, -0.2) is 4.79 Å². The fourth-order valence-corrected chi connectivity index (χ4v) is 3.31. The third-order valence-corrected chi connectivity index (χ3v) is 4.80. The highest BCUT2D eigenvalue weighted by molar-refractivity contribution is 6.30. The summed E-state index contributed by atoms with van der Waals surface area (Å²) >= 11 is 6.17. The topological polar surface area (TPSA) is 68.8 Å². The second kappa shape index (κ2) is 10.2. The Morgan fingerprint density at radius 3 is 2.64 bits per heavy atom. The van der Waals surface area contributed by atoms with Crippen LogP contribution in [0.1, 0.15) is 18.4 Å². The van der Waals surface area contributed by atoms with Crippen molar-refractivity contribution in [3.05, 3.63) is 28.8 Å². The van der Waals surface area contributed by atoms with Crippen LogP contribution in [0.2, 0.25) is 5.02 Å². The van der Waals surface area contributed by atoms with E-state index in [1.54, 1.807) is 19.2 Å². The summed E-state index contributed by atoms with van der Waals surface area (Å²) in [7, 11) is 1.57. The van der Waals surface area contributed by atoms with E-state index in [1.807, 2.05) is 6.07 Å². The van der Waals surface area contributed by atoms with Crippen LogP contribution in [0, 0.1) is 0 Å². The molecule has 0 bridgehead atoms. The molecule has 1 aliphatic heterocycles. The fraction of sp³-hybridized carbons (Fsp3) is 0.611. The van der Waals surface area contributed by atoms with Gasteiger partial charge in [-0.2, -0.15) is 13.2 Å². The Morgan fingerprint density at radius 1 is 1.29 bits per heavy atom. The number of halogens is 4. The Labute approximate surface area is 166 Å². The van der Waals surface area contributed by atoms with Crippen molar-refractivity contribution in [3.63, 3.8) is 0 Å². The van der Waals surface area contributed by atoms with E-state index in [9.17, 15) is 18.0 Å².